The molecule has 3 saturated heterocycles. The Hall–Kier alpha value is -3.11. The van der Waals surface area contributed by atoms with Crippen LogP contribution in [-0.2, 0) is 17.4 Å². The van der Waals surface area contributed by atoms with E-state index in [9.17, 15) is 22.8 Å². The molecule has 1 unspecified atom stereocenters. The summed E-state index contributed by atoms with van der Waals surface area (Å²) in [6.07, 6.45) is -2.90. The Balaban J connectivity index is 1.11. The van der Waals surface area contributed by atoms with Crippen molar-refractivity contribution in [3.8, 4) is 0 Å². The maximum absolute atomic E-state index is 13.1. The van der Waals surface area contributed by atoms with E-state index in [1.807, 2.05) is 23.1 Å². The number of hydrogen-bond acceptors (Lipinski definition) is 5. The van der Waals surface area contributed by atoms with E-state index in [1.54, 1.807) is 11.0 Å². The number of hydrogen-bond donors (Lipinski definition) is 1. The van der Waals surface area contributed by atoms with Crippen LogP contribution in [0.5, 0.6) is 0 Å². The fourth-order valence-electron chi connectivity index (χ4n) is 5.45. The molecule has 1 atom stereocenters. The largest absolute Gasteiger partial charge is 0.416 e. The molecule has 3 aliphatic heterocycles. The van der Waals surface area contributed by atoms with Crippen LogP contribution in [-0.4, -0.2) is 91.1 Å². The van der Waals surface area contributed by atoms with Crippen molar-refractivity contribution in [1.82, 2.24) is 20.0 Å². The Morgan fingerprint density at radius 3 is 2.35 bits per heavy atom. The monoisotopic (exact) mass is 515 g/mol. The average molecular weight is 516 g/mol. The van der Waals surface area contributed by atoms with E-state index < -0.39 is 17.3 Å². The van der Waals surface area contributed by atoms with Gasteiger partial charge in [0.1, 0.15) is 5.54 Å². The number of amides is 2. The van der Waals surface area contributed by atoms with Crippen LogP contribution in [0.25, 0.3) is 0 Å². The Labute approximate surface area is 214 Å². The summed E-state index contributed by atoms with van der Waals surface area (Å²) < 4.78 is 39.2. The molecular weight excluding hydrogens is 483 g/mol. The zero-order valence-corrected chi connectivity index (χ0v) is 20.7. The highest BCUT2D eigenvalue weighted by Crippen LogP contribution is 2.32. The molecule has 37 heavy (non-hydrogen) atoms. The second kappa shape index (κ2) is 10.3. The number of halogens is 3. The predicted octanol–water partition coefficient (Wildman–Crippen LogP) is 3.07. The van der Waals surface area contributed by atoms with Crippen molar-refractivity contribution in [1.29, 1.82) is 0 Å². The quantitative estimate of drug-likeness (QED) is 0.641. The van der Waals surface area contributed by atoms with E-state index in [1.165, 1.54) is 17.7 Å². The number of urea groups is 1. The summed E-state index contributed by atoms with van der Waals surface area (Å²) in [6.45, 7) is 5.01. The molecule has 0 radical (unpaired) electrons. The number of carbonyl (C=O) groups excluding carboxylic acids is 2. The first-order valence-electron chi connectivity index (χ1n) is 12.7. The molecule has 3 fully saturated rings. The summed E-state index contributed by atoms with van der Waals surface area (Å²) >= 11 is 0. The predicted molar refractivity (Wildman–Crippen MR) is 134 cm³/mol. The number of nitrogens with zero attached hydrogens (tertiary/aromatic N) is 4. The molecule has 7 nitrogen and oxygen atoms in total. The van der Waals surface area contributed by atoms with Gasteiger partial charge < -0.3 is 15.1 Å². The molecule has 0 bridgehead atoms. The van der Waals surface area contributed by atoms with Crippen molar-refractivity contribution in [3.63, 3.8) is 0 Å². The van der Waals surface area contributed by atoms with Crippen LogP contribution in [0, 0.1) is 0 Å². The normalized spacial score (nSPS) is 23.6. The smallest absolute Gasteiger partial charge is 0.369 e. The van der Waals surface area contributed by atoms with Gasteiger partial charge >= 0.3 is 12.2 Å². The lowest BCUT2D eigenvalue weighted by molar-refractivity contribution is -0.137. The zero-order valence-electron chi connectivity index (χ0n) is 20.7. The maximum atomic E-state index is 13.1. The number of likely N-dealkylation sites (tertiary alicyclic amines) is 1. The number of benzene rings is 2. The van der Waals surface area contributed by atoms with Gasteiger partial charge in [-0.3, -0.25) is 14.6 Å². The first-order chi connectivity index (χ1) is 17.7. The molecule has 3 aliphatic rings. The van der Waals surface area contributed by atoms with Crippen molar-refractivity contribution < 1.29 is 22.8 Å². The van der Waals surface area contributed by atoms with Gasteiger partial charge in [0, 0.05) is 45.0 Å². The number of piperidine rings is 1. The van der Waals surface area contributed by atoms with Crippen molar-refractivity contribution in [3.05, 3.63) is 65.7 Å². The summed E-state index contributed by atoms with van der Waals surface area (Å²) in [5.41, 5.74) is 0.308. The van der Waals surface area contributed by atoms with Gasteiger partial charge in [-0.1, -0.05) is 36.4 Å². The summed E-state index contributed by atoms with van der Waals surface area (Å²) in [5.74, 6) is 0.0528. The van der Waals surface area contributed by atoms with Crippen LogP contribution in [0.1, 0.15) is 17.5 Å². The van der Waals surface area contributed by atoms with Crippen molar-refractivity contribution in [2.45, 2.75) is 24.6 Å². The van der Waals surface area contributed by atoms with Gasteiger partial charge in [-0.05, 0) is 36.6 Å². The molecule has 198 valence electrons. The van der Waals surface area contributed by atoms with Gasteiger partial charge in [-0.25, -0.2) is 4.79 Å². The molecule has 0 aliphatic carbocycles. The Morgan fingerprint density at radius 2 is 1.65 bits per heavy atom. The molecule has 1 spiro atoms. The Morgan fingerprint density at radius 1 is 0.892 bits per heavy atom. The molecule has 1 N–H and O–H groups in total. The van der Waals surface area contributed by atoms with Crippen LogP contribution >= 0.6 is 0 Å². The number of piperazine rings is 1. The molecule has 2 aromatic rings. The third kappa shape index (κ3) is 5.75. The Kier molecular flexibility index (Phi) is 7.13. The van der Waals surface area contributed by atoms with E-state index >= 15 is 0 Å². The van der Waals surface area contributed by atoms with Crippen molar-refractivity contribution >= 4 is 17.5 Å². The highest BCUT2D eigenvalue weighted by atomic mass is 19.4. The van der Waals surface area contributed by atoms with Gasteiger partial charge in [0.15, 0.2) is 5.78 Å². The summed E-state index contributed by atoms with van der Waals surface area (Å²) in [7, 11) is 0. The first-order valence-corrected chi connectivity index (χ1v) is 12.7. The number of ketones is 1. The van der Waals surface area contributed by atoms with Crippen molar-refractivity contribution in [2.75, 3.05) is 63.9 Å². The van der Waals surface area contributed by atoms with Crippen LogP contribution < -0.4 is 10.2 Å². The highest BCUT2D eigenvalue weighted by molar-refractivity contribution is 5.97. The van der Waals surface area contributed by atoms with E-state index in [-0.39, 0.29) is 11.8 Å². The van der Waals surface area contributed by atoms with Crippen molar-refractivity contribution in [2.24, 2.45) is 0 Å². The van der Waals surface area contributed by atoms with Gasteiger partial charge in [-0.15, -0.1) is 0 Å². The maximum Gasteiger partial charge on any atom is 0.416 e. The summed E-state index contributed by atoms with van der Waals surface area (Å²) in [4.78, 5) is 33.8. The third-order valence-electron chi connectivity index (χ3n) is 7.69. The minimum atomic E-state index is -4.37. The first kappa shape index (κ1) is 25.5. The van der Waals surface area contributed by atoms with Gasteiger partial charge in [0.2, 0.25) is 0 Å². The molecule has 0 saturated carbocycles. The zero-order chi connectivity index (χ0) is 26.0. The van der Waals surface area contributed by atoms with Crippen LogP contribution in [0.3, 0.4) is 0 Å². The van der Waals surface area contributed by atoms with Gasteiger partial charge in [0.05, 0.1) is 25.3 Å². The van der Waals surface area contributed by atoms with Gasteiger partial charge in [0.25, 0.3) is 0 Å². The molecule has 2 amide bonds. The molecule has 10 heteroatoms. The SMILES string of the molecule is O=C1NC2(CCN(CCc3ccccc3)CC2=O)CN1CN1CCN(c2cccc(C(F)(F)F)c2)CC1. The highest BCUT2D eigenvalue weighted by Gasteiger charge is 2.50. The molecule has 3 heterocycles. The minimum Gasteiger partial charge on any atom is -0.369 e. The topological polar surface area (TPSA) is 59.1 Å². The number of rotatable bonds is 6. The molecule has 5 rings (SSSR count). The van der Waals surface area contributed by atoms with E-state index in [2.05, 4.69) is 27.2 Å². The van der Waals surface area contributed by atoms with E-state index in [4.69, 9.17) is 0 Å². The van der Waals surface area contributed by atoms with E-state index in [0.717, 1.165) is 25.6 Å². The summed E-state index contributed by atoms with van der Waals surface area (Å²) in [5, 5.41) is 2.98. The Bertz CT molecular complexity index is 1120. The fraction of sp³-hybridized carbons (Fsp3) is 0.481. The van der Waals surface area contributed by atoms with Gasteiger partial charge in [-0.2, -0.15) is 13.2 Å². The van der Waals surface area contributed by atoms with Crippen LogP contribution in [0.2, 0.25) is 0 Å². The molecule has 2 aromatic carbocycles. The summed E-state index contributed by atoms with van der Waals surface area (Å²) in [6, 6.07) is 15.3. The van der Waals surface area contributed by atoms with Crippen LogP contribution in [0.15, 0.2) is 54.6 Å². The second-order valence-electron chi connectivity index (χ2n) is 10.2. The molecular formula is C27H32F3N5O2. The fourth-order valence-corrected chi connectivity index (χ4v) is 5.45. The average Bonchev–Trinajstić information content (AvgIpc) is 3.21. The number of nitrogens with one attached hydrogen (secondary N) is 1. The number of anilines is 1. The third-order valence-corrected chi connectivity index (χ3v) is 7.69. The number of alkyl halides is 3. The lowest BCUT2D eigenvalue weighted by Gasteiger charge is -2.39. The number of carbonyl (C=O) groups is 2. The minimum absolute atomic E-state index is 0.0528. The second-order valence-corrected chi connectivity index (χ2v) is 10.2. The number of Topliss-reactive ketones (excluding diaryl/α,β-unsaturated/α-hetero) is 1. The lowest BCUT2D eigenvalue weighted by atomic mass is 9.87. The molecule has 0 aromatic heterocycles. The van der Waals surface area contributed by atoms with E-state index in [0.29, 0.717) is 58.0 Å². The standard InChI is InChI=1S/C27H32F3N5O2/c28-27(29,30)22-7-4-8-23(17-22)34-15-13-33(14-16-34)20-35-19-26(31-25(35)37)10-12-32(18-24(26)36)11-9-21-5-2-1-3-6-21/h1-8,17H,9-16,18-20H2,(H,31,37). The lowest BCUT2D eigenvalue weighted by Crippen LogP contribution is -2.60. The van der Waals surface area contributed by atoms with Crippen LogP contribution in [0.4, 0.5) is 23.7 Å².